The third-order valence-corrected chi connectivity index (χ3v) is 4.44. The van der Waals surface area contributed by atoms with Crippen molar-refractivity contribution >= 4 is 17.0 Å². The maximum absolute atomic E-state index is 9.76. The lowest BCUT2D eigenvalue weighted by molar-refractivity contribution is 0.241. The van der Waals surface area contributed by atoms with E-state index in [9.17, 15) is 10.2 Å². The summed E-state index contributed by atoms with van der Waals surface area (Å²) >= 11 is 0. The quantitative estimate of drug-likeness (QED) is 0.816. The van der Waals surface area contributed by atoms with Gasteiger partial charge in [0, 0.05) is 0 Å². The maximum atomic E-state index is 9.76. The van der Waals surface area contributed by atoms with Gasteiger partial charge in [-0.3, -0.25) is 0 Å². The van der Waals surface area contributed by atoms with Crippen LogP contribution in [0.5, 0.6) is 11.5 Å². The third-order valence-electron chi connectivity index (χ3n) is 4.44. The van der Waals surface area contributed by atoms with Gasteiger partial charge in [0.2, 0.25) is 0 Å². The van der Waals surface area contributed by atoms with Gasteiger partial charge < -0.3 is 15.1 Å². The highest BCUT2D eigenvalue weighted by Crippen LogP contribution is 2.44. The molecule has 0 unspecified atom stereocenters. The predicted octanol–water partition coefficient (Wildman–Crippen LogP) is 3.83. The summed E-state index contributed by atoms with van der Waals surface area (Å²) < 4.78 is 0. The topological polar surface area (TPSA) is 43.7 Å². The zero-order chi connectivity index (χ0) is 13.9. The summed E-state index contributed by atoms with van der Waals surface area (Å²) in [4.78, 5) is 2.22. The summed E-state index contributed by atoms with van der Waals surface area (Å²) in [6.07, 6.45) is 7.32. The standard InChI is InChI=1S/C16H25NO2.BrH/c1-17(2)11-10-16(8-4-3-5-9-16)13-6-7-14(18)15(19)12-13;/h6-7,12,18-19H,3-5,8-11H2,1-2H3;1H. The van der Waals surface area contributed by atoms with Crippen LogP contribution < -0.4 is 0 Å². The molecule has 1 fully saturated rings. The number of phenolic OH excluding ortho intramolecular Hbond substituents is 2. The number of benzene rings is 1. The van der Waals surface area contributed by atoms with Gasteiger partial charge in [-0.25, -0.2) is 0 Å². The molecule has 0 aliphatic heterocycles. The predicted molar refractivity (Wildman–Crippen MR) is 88.0 cm³/mol. The average Bonchev–Trinajstić information content (AvgIpc) is 2.40. The van der Waals surface area contributed by atoms with Crippen LogP contribution in [0.4, 0.5) is 0 Å². The first-order chi connectivity index (χ1) is 9.03. The Morgan fingerprint density at radius 3 is 2.25 bits per heavy atom. The van der Waals surface area contributed by atoms with E-state index in [4.69, 9.17) is 0 Å². The van der Waals surface area contributed by atoms with E-state index in [1.807, 2.05) is 6.07 Å². The Kier molecular flexibility index (Phi) is 6.34. The summed E-state index contributed by atoms with van der Waals surface area (Å²) in [5, 5.41) is 19.2. The van der Waals surface area contributed by atoms with E-state index in [2.05, 4.69) is 19.0 Å². The van der Waals surface area contributed by atoms with Gasteiger partial charge in [0.15, 0.2) is 11.5 Å². The molecule has 114 valence electrons. The van der Waals surface area contributed by atoms with Crippen LogP contribution in [0, 0.1) is 0 Å². The summed E-state index contributed by atoms with van der Waals surface area (Å²) in [7, 11) is 4.20. The summed E-state index contributed by atoms with van der Waals surface area (Å²) in [5.74, 6) is -0.0189. The largest absolute Gasteiger partial charge is 0.504 e. The van der Waals surface area contributed by atoms with E-state index in [-0.39, 0.29) is 33.9 Å². The van der Waals surface area contributed by atoms with Crippen molar-refractivity contribution in [1.82, 2.24) is 4.90 Å². The summed E-state index contributed by atoms with van der Waals surface area (Å²) in [6.45, 7) is 1.06. The second-order valence-corrected chi connectivity index (χ2v) is 6.10. The van der Waals surface area contributed by atoms with Gasteiger partial charge in [-0.2, -0.15) is 0 Å². The molecule has 0 heterocycles. The Hall–Kier alpha value is -0.740. The van der Waals surface area contributed by atoms with Crippen molar-refractivity contribution in [1.29, 1.82) is 0 Å². The van der Waals surface area contributed by atoms with Gasteiger partial charge in [-0.1, -0.05) is 25.3 Å². The lowest BCUT2D eigenvalue weighted by Gasteiger charge is -2.39. The number of nitrogens with zero attached hydrogens (tertiary/aromatic N) is 1. The maximum Gasteiger partial charge on any atom is 0.157 e. The summed E-state index contributed by atoms with van der Waals surface area (Å²) in [5.41, 5.74) is 1.36. The van der Waals surface area contributed by atoms with Gasteiger partial charge >= 0.3 is 0 Å². The van der Waals surface area contributed by atoms with Crippen LogP contribution in [0.1, 0.15) is 44.1 Å². The molecule has 0 saturated heterocycles. The van der Waals surface area contributed by atoms with E-state index in [1.54, 1.807) is 12.1 Å². The van der Waals surface area contributed by atoms with Crippen molar-refractivity contribution in [2.75, 3.05) is 20.6 Å². The van der Waals surface area contributed by atoms with E-state index >= 15 is 0 Å². The van der Waals surface area contributed by atoms with Gasteiger partial charge in [-0.05, 0) is 63.0 Å². The van der Waals surface area contributed by atoms with E-state index in [0.717, 1.165) is 13.0 Å². The second-order valence-electron chi connectivity index (χ2n) is 6.10. The van der Waals surface area contributed by atoms with Crippen LogP contribution >= 0.6 is 17.0 Å². The molecule has 1 aliphatic rings. The number of phenols is 2. The zero-order valence-electron chi connectivity index (χ0n) is 12.4. The first kappa shape index (κ1) is 17.3. The number of rotatable bonds is 4. The Labute approximate surface area is 132 Å². The van der Waals surface area contributed by atoms with E-state index < -0.39 is 0 Å². The van der Waals surface area contributed by atoms with Crippen LogP contribution in [0.25, 0.3) is 0 Å². The number of halogens is 1. The van der Waals surface area contributed by atoms with E-state index in [1.165, 1.54) is 37.7 Å². The lowest BCUT2D eigenvalue weighted by atomic mass is 9.67. The van der Waals surface area contributed by atoms with Crippen LogP contribution in [-0.4, -0.2) is 35.8 Å². The molecular formula is C16H26BrNO2. The van der Waals surface area contributed by atoms with Crippen LogP contribution in [-0.2, 0) is 5.41 Å². The van der Waals surface area contributed by atoms with Crippen molar-refractivity contribution < 1.29 is 10.2 Å². The second kappa shape index (κ2) is 7.32. The number of aromatic hydroxyl groups is 2. The first-order valence-corrected chi connectivity index (χ1v) is 7.21. The first-order valence-electron chi connectivity index (χ1n) is 7.21. The van der Waals surface area contributed by atoms with Gasteiger partial charge in [-0.15, -0.1) is 17.0 Å². The molecule has 0 radical (unpaired) electrons. The SMILES string of the molecule is Br.CN(C)CCC1(c2ccc(O)c(O)c2)CCCCC1. The molecule has 2 N–H and O–H groups in total. The molecule has 20 heavy (non-hydrogen) atoms. The molecular weight excluding hydrogens is 318 g/mol. The van der Waals surface area contributed by atoms with Crippen molar-refractivity contribution in [3.8, 4) is 11.5 Å². The van der Waals surface area contributed by atoms with Gasteiger partial charge in [0.1, 0.15) is 0 Å². The van der Waals surface area contributed by atoms with Crippen molar-refractivity contribution in [3.63, 3.8) is 0 Å². The minimum atomic E-state index is -0.0256. The molecule has 0 amide bonds. The normalized spacial score (nSPS) is 17.8. The number of hydrogen-bond donors (Lipinski definition) is 2. The van der Waals surface area contributed by atoms with Crippen LogP contribution in [0.2, 0.25) is 0 Å². The minimum Gasteiger partial charge on any atom is -0.504 e. The Balaban J connectivity index is 0.00000200. The molecule has 1 aliphatic carbocycles. The highest BCUT2D eigenvalue weighted by atomic mass is 79.9. The van der Waals surface area contributed by atoms with Crippen molar-refractivity contribution in [2.24, 2.45) is 0 Å². The fourth-order valence-corrected chi connectivity index (χ4v) is 3.20. The Bertz CT molecular complexity index is 428. The Morgan fingerprint density at radius 1 is 1.05 bits per heavy atom. The van der Waals surface area contributed by atoms with Crippen molar-refractivity contribution in [3.05, 3.63) is 23.8 Å². The molecule has 3 nitrogen and oxygen atoms in total. The lowest BCUT2D eigenvalue weighted by Crippen LogP contribution is -2.33. The molecule has 0 bridgehead atoms. The van der Waals surface area contributed by atoms with Gasteiger partial charge in [0.05, 0.1) is 0 Å². The molecule has 1 aromatic rings. The van der Waals surface area contributed by atoms with Crippen LogP contribution in [0.3, 0.4) is 0 Å². The monoisotopic (exact) mass is 343 g/mol. The summed E-state index contributed by atoms with van der Waals surface area (Å²) in [6, 6.07) is 5.36. The molecule has 0 atom stereocenters. The zero-order valence-corrected chi connectivity index (χ0v) is 14.1. The Morgan fingerprint density at radius 2 is 1.70 bits per heavy atom. The average molecular weight is 344 g/mol. The molecule has 4 heteroatoms. The van der Waals surface area contributed by atoms with Crippen LogP contribution in [0.15, 0.2) is 18.2 Å². The molecule has 1 aromatic carbocycles. The smallest absolute Gasteiger partial charge is 0.157 e. The number of hydrogen-bond acceptors (Lipinski definition) is 3. The molecule has 0 spiro atoms. The van der Waals surface area contributed by atoms with Gasteiger partial charge in [0.25, 0.3) is 0 Å². The molecule has 0 aromatic heterocycles. The van der Waals surface area contributed by atoms with Crippen molar-refractivity contribution in [2.45, 2.75) is 43.9 Å². The molecule has 1 saturated carbocycles. The highest BCUT2D eigenvalue weighted by molar-refractivity contribution is 8.93. The fraction of sp³-hybridized carbons (Fsp3) is 0.625. The third kappa shape index (κ3) is 3.89. The minimum absolute atomic E-state index is 0. The fourth-order valence-electron chi connectivity index (χ4n) is 3.20. The highest BCUT2D eigenvalue weighted by Gasteiger charge is 2.34. The molecule has 2 rings (SSSR count). The van der Waals surface area contributed by atoms with E-state index in [0.29, 0.717) is 0 Å².